The van der Waals surface area contributed by atoms with Gasteiger partial charge in [-0.3, -0.25) is 4.79 Å². The first kappa shape index (κ1) is 17.7. The van der Waals surface area contributed by atoms with Crippen LogP contribution in [-0.2, 0) is 4.74 Å². The number of rotatable bonds is 3. The van der Waals surface area contributed by atoms with Crippen LogP contribution in [0, 0.1) is 0 Å². The number of hydrogen-bond acceptors (Lipinski definition) is 5. The Morgan fingerprint density at radius 1 is 1.00 bits per heavy atom. The van der Waals surface area contributed by atoms with E-state index in [1.165, 1.54) is 11.5 Å². The number of ether oxygens (including phenoxy) is 1. The summed E-state index contributed by atoms with van der Waals surface area (Å²) in [5.41, 5.74) is 1.68. The molecule has 0 saturated heterocycles. The number of imidazole rings is 1. The summed E-state index contributed by atoms with van der Waals surface area (Å²) in [6, 6.07) is 15.8. The SMILES string of the molecule is CCOC(=O)c1c2cccccc-2nc1-n1c(=O)n(C(C)=O)c2ccccc21. The number of hydrogen-bond donors (Lipinski definition) is 0. The lowest BCUT2D eigenvalue weighted by Gasteiger charge is -2.05. The van der Waals surface area contributed by atoms with Crippen LogP contribution in [0.3, 0.4) is 0 Å². The molecule has 2 aliphatic rings. The van der Waals surface area contributed by atoms with Gasteiger partial charge in [0.1, 0.15) is 5.56 Å². The summed E-state index contributed by atoms with van der Waals surface area (Å²) >= 11 is 0. The Kier molecular flexibility index (Phi) is 4.27. The van der Waals surface area contributed by atoms with Crippen LogP contribution in [0.5, 0.6) is 0 Å². The highest BCUT2D eigenvalue weighted by Crippen LogP contribution is 2.32. The minimum Gasteiger partial charge on any atom is -0.462 e. The summed E-state index contributed by atoms with van der Waals surface area (Å²) in [7, 11) is 0. The zero-order valence-electron chi connectivity index (χ0n) is 15.4. The van der Waals surface area contributed by atoms with Crippen molar-refractivity contribution in [2.45, 2.75) is 13.8 Å². The van der Waals surface area contributed by atoms with Crippen LogP contribution >= 0.6 is 0 Å². The van der Waals surface area contributed by atoms with Crippen molar-refractivity contribution in [2.24, 2.45) is 0 Å². The Labute approximate surface area is 160 Å². The van der Waals surface area contributed by atoms with Crippen molar-refractivity contribution in [3.63, 3.8) is 0 Å². The maximum absolute atomic E-state index is 13.1. The fraction of sp³-hybridized carbons (Fsp3) is 0.143. The van der Waals surface area contributed by atoms with E-state index >= 15 is 0 Å². The van der Waals surface area contributed by atoms with Crippen molar-refractivity contribution in [3.8, 4) is 17.1 Å². The van der Waals surface area contributed by atoms with Crippen molar-refractivity contribution in [2.75, 3.05) is 6.61 Å². The van der Waals surface area contributed by atoms with Gasteiger partial charge in [-0.15, -0.1) is 0 Å². The van der Waals surface area contributed by atoms with Crippen molar-refractivity contribution in [3.05, 3.63) is 70.6 Å². The van der Waals surface area contributed by atoms with E-state index in [2.05, 4.69) is 4.98 Å². The smallest absolute Gasteiger partial charge is 0.342 e. The molecule has 2 aromatic rings. The lowest BCUT2D eigenvalue weighted by Crippen LogP contribution is -2.27. The van der Waals surface area contributed by atoms with Crippen molar-refractivity contribution >= 4 is 22.9 Å². The topological polar surface area (TPSA) is 83.2 Å². The third kappa shape index (κ3) is 2.60. The van der Waals surface area contributed by atoms with E-state index in [1.807, 2.05) is 6.07 Å². The van der Waals surface area contributed by atoms with Gasteiger partial charge in [0.2, 0.25) is 5.91 Å². The summed E-state index contributed by atoms with van der Waals surface area (Å²) < 4.78 is 7.59. The van der Waals surface area contributed by atoms with Crippen molar-refractivity contribution < 1.29 is 14.3 Å². The third-order valence-corrected chi connectivity index (χ3v) is 4.49. The molecule has 0 saturated carbocycles. The maximum atomic E-state index is 13.1. The Hall–Kier alpha value is -3.74. The molecule has 0 N–H and O–H groups in total. The second kappa shape index (κ2) is 6.77. The van der Waals surface area contributed by atoms with Gasteiger partial charge in [-0.1, -0.05) is 36.4 Å². The van der Waals surface area contributed by atoms with Gasteiger partial charge >= 0.3 is 11.7 Å². The number of esters is 1. The Morgan fingerprint density at radius 3 is 2.39 bits per heavy atom. The zero-order chi connectivity index (χ0) is 19.8. The standard InChI is InChI=1S/C21H17N3O4/c1-3-28-20(26)18-14-9-5-4-6-10-15(14)22-19(18)24-17-12-8-7-11-16(17)23(13(2)25)21(24)27/h4-12H,3H2,1-2H3. The molecule has 2 heterocycles. The fourth-order valence-corrected chi connectivity index (χ4v) is 3.36. The van der Waals surface area contributed by atoms with Gasteiger partial charge in [0, 0.05) is 12.5 Å². The largest absolute Gasteiger partial charge is 0.462 e. The average molecular weight is 375 g/mol. The van der Waals surface area contributed by atoms with Gasteiger partial charge in [-0.25, -0.2) is 23.7 Å². The van der Waals surface area contributed by atoms with E-state index in [9.17, 15) is 14.4 Å². The Bertz CT molecular complexity index is 1250. The molecule has 7 heteroatoms. The highest BCUT2D eigenvalue weighted by Gasteiger charge is 2.28. The number of aromatic nitrogens is 3. The monoisotopic (exact) mass is 375 g/mol. The van der Waals surface area contributed by atoms with Crippen LogP contribution in [0.4, 0.5) is 0 Å². The molecule has 140 valence electrons. The number of carbonyl (C=O) groups excluding carboxylic acids is 2. The molecule has 0 spiro atoms. The molecule has 7 nitrogen and oxygen atoms in total. The average Bonchev–Trinajstić information content (AvgIpc) is 3.06. The van der Waals surface area contributed by atoms with Gasteiger partial charge < -0.3 is 4.74 Å². The second-order valence-corrected chi connectivity index (χ2v) is 6.20. The first-order valence-corrected chi connectivity index (χ1v) is 8.84. The molecular formula is C21H17N3O4. The van der Waals surface area contributed by atoms with Crippen LogP contribution < -0.4 is 5.69 Å². The molecule has 0 radical (unpaired) electrons. The molecule has 1 aliphatic carbocycles. The maximum Gasteiger partial charge on any atom is 0.342 e. The molecular weight excluding hydrogens is 358 g/mol. The van der Waals surface area contributed by atoms with E-state index in [0.717, 1.165) is 4.57 Å². The number of benzene rings is 1. The van der Waals surface area contributed by atoms with Crippen LogP contribution in [0.15, 0.2) is 59.4 Å². The second-order valence-electron chi connectivity index (χ2n) is 6.20. The summed E-state index contributed by atoms with van der Waals surface area (Å²) in [6.45, 7) is 3.22. The molecule has 0 atom stereocenters. The molecule has 0 fully saturated rings. The van der Waals surface area contributed by atoms with Crippen LogP contribution in [0.1, 0.15) is 29.0 Å². The molecule has 1 aliphatic heterocycles. The minimum absolute atomic E-state index is 0.154. The van der Waals surface area contributed by atoms with Crippen molar-refractivity contribution in [1.29, 1.82) is 0 Å². The Balaban J connectivity index is 2.14. The summed E-state index contributed by atoms with van der Waals surface area (Å²) in [5.74, 6) is -0.834. The van der Waals surface area contributed by atoms with Gasteiger partial charge in [0.25, 0.3) is 0 Å². The van der Waals surface area contributed by atoms with Crippen LogP contribution in [0.25, 0.3) is 28.1 Å². The van der Waals surface area contributed by atoms with E-state index in [-0.39, 0.29) is 18.0 Å². The van der Waals surface area contributed by atoms with Gasteiger partial charge in [-0.05, 0) is 25.1 Å². The van der Waals surface area contributed by atoms with Crippen LogP contribution in [-0.4, -0.2) is 32.6 Å². The van der Waals surface area contributed by atoms with Gasteiger partial charge in [0.05, 0.1) is 23.3 Å². The lowest BCUT2D eigenvalue weighted by atomic mass is 10.1. The van der Waals surface area contributed by atoms with Crippen LogP contribution in [0.2, 0.25) is 0 Å². The lowest BCUT2D eigenvalue weighted by molar-refractivity contribution is 0.0527. The van der Waals surface area contributed by atoms with E-state index in [4.69, 9.17) is 4.74 Å². The summed E-state index contributed by atoms with van der Waals surface area (Å²) in [4.78, 5) is 42.5. The quantitative estimate of drug-likeness (QED) is 0.514. The first-order chi connectivity index (χ1) is 13.5. The number of carbonyl (C=O) groups is 2. The molecule has 28 heavy (non-hydrogen) atoms. The highest BCUT2D eigenvalue weighted by atomic mass is 16.5. The first-order valence-electron chi connectivity index (χ1n) is 8.84. The number of fused-ring (bicyclic) bond motifs is 2. The van der Waals surface area contributed by atoms with E-state index in [1.54, 1.807) is 55.5 Å². The third-order valence-electron chi connectivity index (χ3n) is 4.49. The molecule has 4 rings (SSSR count). The molecule has 0 amide bonds. The molecule has 1 aromatic carbocycles. The van der Waals surface area contributed by atoms with E-state index in [0.29, 0.717) is 22.3 Å². The van der Waals surface area contributed by atoms with Gasteiger partial charge in [-0.2, -0.15) is 0 Å². The highest BCUT2D eigenvalue weighted by molar-refractivity contribution is 6.02. The molecule has 0 bridgehead atoms. The number of nitrogens with zero attached hydrogens (tertiary/aromatic N) is 3. The van der Waals surface area contributed by atoms with E-state index < -0.39 is 17.6 Å². The minimum atomic E-state index is -0.577. The zero-order valence-corrected chi connectivity index (χ0v) is 15.4. The summed E-state index contributed by atoms with van der Waals surface area (Å²) in [5, 5.41) is 0. The normalized spacial score (nSPS) is 11.1. The van der Waals surface area contributed by atoms with Crippen molar-refractivity contribution in [1.82, 2.24) is 14.1 Å². The number of para-hydroxylation sites is 2. The molecule has 0 unspecified atom stereocenters. The fourth-order valence-electron chi connectivity index (χ4n) is 3.36. The Morgan fingerprint density at radius 2 is 1.68 bits per heavy atom. The predicted octanol–water partition coefficient (Wildman–Crippen LogP) is 3.13. The molecule has 1 aromatic heterocycles. The predicted molar refractivity (Wildman–Crippen MR) is 104 cm³/mol. The summed E-state index contributed by atoms with van der Waals surface area (Å²) in [6.07, 6.45) is 0. The van der Waals surface area contributed by atoms with Gasteiger partial charge in [0.15, 0.2) is 5.82 Å².